The van der Waals surface area contributed by atoms with E-state index in [4.69, 9.17) is 34.8 Å². The van der Waals surface area contributed by atoms with Gasteiger partial charge in [0.05, 0.1) is 26.0 Å². The molecule has 0 fully saturated rings. The molecule has 2 aromatic rings. The number of imide groups is 1. The Hall–Kier alpha value is -1.47. The van der Waals surface area contributed by atoms with Gasteiger partial charge in [-0.15, -0.1) is 11.8 Å². The maximum Gasteiger partial charge on any atom is 0.278 e. The summed E-state index contributed by atoms with van der Waals surface area (Å²) in [5, 5.41) is 7.89. The highest BCUT2D eigenvalue weighted by atomic mass is 35.5. The third-order valence-electron chi connectivity index (χ3n) is 4.83. The van der Waals surface area contributed by atoms with E-state index in [1.807, 2.05) is 13.0 Å². The Balaban J connectivity index is 1.96. The zero-order chi connectivity index (χ0) is 21.8. The number of amides is 2. The largest absolute Gasteiger partial charge is 0.291 e. The molecular weight excluding hydrogens is 465 g/mol. The van der Waals surface area contributed by atoms with Crippen LogP contribution in [-0.2, 0) is 4.79 Å². The molecule has 1 N–H and O–H groups in total. The van der Waals surface area contributed by atoms with E-state index in [0.717, 1.165) is 25.0 Å². The summed E-state index contributed by atoms with van der Waals surface area (Å²) in [4.78, 5) is 24.9. The molecular formula is C21H22Cl3N3O2S. The topological polar surface area (TPSA) is 64.0 Å². The minimum atomic E-state index is -0.513. The molecule has 1 aromatic heterocycles. The predicted octanol–water partition coefficient (Wildman–Crippen LogP) is 6.58. The molecule has 0 bridgehead atoms. The fraction of sp³-hybridized carbons (Fsp3) is 0.381. The molecule has 0 saturated carbocycles. The van der Waals surface area contributed by atoms with Gasteiger partial charge in [0.2, 0.25) is 5.91 Å². The van der Waals surface area contributed by atoms with Crippen LogP contribution in [0.3, 0.4) is 0 Å². The number of carbonyl (C=O) groups is 2. The van der Waals surface area contributed by atoms with Crippen molar-refractivity contribution in [3.05, 3.63) is 55.6 Å². The van der Waals surface area contributed by atoms with Crippen LogP contribution in [0, 0.1) is 6.92 Å². The molecule has 5 nitrogen and oxygen atoms in total. The number of halogens is 3. The van der Waals surface area contributed by atoms with Crippen LogP contribution in [0.25, 0.3) is 5.69 Å². The maximum atomic E-state index is 12.8. The Morgan fingerprint density at radius 2 is 2.03 bits per heavy atom. The molecule has 30 heavy (non-hydrogen) atoms. The highest BCUT2D eigenvalue weighted by Gasteiger charge is 2.30. The first-order valence-corrected chi connectivity index (χ1v) is 11.7. The lowest BCUT2D eigenvalue weighted by atomic mass is 10.1. The highest BCUT2D eigenvalue weighted by Crippen LogP contribution is 2.47. The number of thioether (sulfide) groups is 1. The Kier molecular flexibility index (Phi) is 7.91. The van der Waals surface area contributed by atoms with E-state index >= 15 is 0 Å². The van der Waals surface area contributed by atoms with Crippen molar-refractivity contribution < 1.29 is 9.59 Å². The second-order valence-electron chi connectivity index (χ2n) is 7.05. The first-order chi connectivity index (χ1) is 14.3. The summed E-state index contributed by atoms with van der Waals surface area (Å²) in [5.74, 6) is -0.811. The van der Waals surface area contributed by atoms with Crippen LogP contribution in [0.5, 0.6) is 0 Å². The molecule has 1 unspecified atom stereocenters. The quantitative estimate of drug-likeness (QED) is 0.449. The van der Waals surface area contributed by atoms with Crippen molar-refractivity contribution in [3.63, 3.8) is 0 Å². The number of benzene rings is 1. The van der Waals surface area contributed by atoms with Gasteiger partial charge in [0.25, 0.3) is 5.91 Å². The lowest BCUT2D eigenvalue weighted by Gasteiger charge is -2.15. The summed E-state index contributed by atoms with van der Waals surface area (Å²) in [6.07, 6.45) is 5.66. The smallest absolute Gasteiger partial charge is 0.278 e. The number of hydrogen-bond acceptors (Lipinski definition) is 4. The van der Waals surface area contributed by atoms with Crippen LogP contribution in [0.1, 0.15) is 66.0 Å². The van der Waals surface area contributed by atoms with E-state index in [1.54, 1.807) is 22.9 Å². The Bertz CT molecular complexity index is 1000. The van der Waals surface area contributed by atoms with Gasteiger partial charge >= 0.3 is 0 Å². The van der Waals surface area contributed by atoms with E-state index < -0.39 is 5.91 Å². The molecule has 0 saturated heterocycles. The van der Waals surface area contributed by atoms with Gasteiger partial charge in [0.15, 0.2) is 5.69 Å². The van der Waals surface area contributed by atoms with Crippen LogP contribution < -0.4 is 5.32 Å². The second-order valence-corrected chi connectivity index (χ2v) is 9.77. The minimum absolute atomic E-state index is 0.0152. The normalized spacial score (nSPS) is 15.9. The summed E-state index contributed by atoms with van der Waals surface area (Å²) >= 11 is 20.1. The zero-order valence-corrected chi connectivity index (χ0v) is 19.8. The molecule has 1 aliphatic rings. The molecule has 1 aromatic carbocycles. The van der Waals surface area contributed by atoms with Gasteiger partial charge in [-0.2, -0.15) is 5.10 Å². The van der Waals surface area contributed by atoms with Crippen LogP contribution in [0.15, 0.2) is 28.6 Å². The molecule has 0 spiro atoms. The van der Waals surface area contributed by atoms with Gasteiger partial charge in [-0.25, -0.2) is 4.68 Å². The monoisotopic (exact) mass is 485 g/mol. The van der Waals surface area contributed by atoms with Crippen LogP contribution in [-0.4, -0.2) is 21.6 Å². The van der Waals surface area contributed by atoms with Crippen molar-refractivity contribution in [3.8, 4) is 5.69 Å². The SMILES string of the molecule is CCCCCC(=O)NC(=O)c1nn(-c2ccc(Cl)cc2Cl)c(C2CC=C(Cl)S2)c1C. The average Bonchev–Trinajstić information content (AvgIpc) is 3.25. The molecule has 3 rings (SSSR count). The number of allylic oxidation sites excluding steroid dienone is 1. The molecule has 9 heteroatoms. The van der Waals surface area contributed by atoms with Gasteiger partial charge < -0.3 is 0 Å². The number of aromatic nitrogens is 2. The summed E-state index contributed by atoms with van der Waals surface area (Å²) in [7, 11) is 0. The van der Waals surface area contributed by atoms with Crippen molar-refractivity contribution >= 4 is 58.4 Å². The van der Waals surface area contributed by atoms with Crippen molar-refractivity contribution in [2.24, 2.45) is 0 Å². The third-order valence-corrected chi connectivity index (χ3v) is 6.88. The standard InChI is InChI=1S/C21H22Cl3N3O2S/c1-3-4-5-6-18(28)25-21(29)19-12(2)20(16-9-10-17(24)30-16)27(26-19)15-8-7-13(22)11-14(15)23/h7-8,10-11,16H,3-6,9H2,1-2H3,(H,25,28,29). The molecule has 0 radical (unpaired) electrons. The van der Waals surface area contributed by atoms with Crippen molar-refractivity contribution in [1.29, 1.82) is 0 Å². The average molecular weight is 487 g/mol. The Labute approximate surface area is 195 Å². The minimum Gasteiger partial charge on any atom is -0.291 e. The van der Waals surface area contributed by atoms with Crippen LogP contribution in [0.4, 0.5) is 0 Å². The van der Waals surface area contributed by atoms with E-state index in [1.165, 1.54) is 11.8 Å². The number of carbonyl (C=O) groups excluding carboxylic acids is 2. The maximum absolute atomic E-state index is 12.8. The predicted molar refractivity (Wildman–Crippen MR) is 124 cm³/mol. The van der Waals surface area contributed by atoms with Crippen molar-refractivity contribution in [1.82, 2.24) is 15.1 Å². The first kappa shape index (κ1) is 23.2. The summed E-state index contributed by atoms with van der Waals surface area (Å²) in [6.45, 7) is 3.89. The lowest BCUT2D eigenvalue weighted by Crippen LogP contribution is -2.31. The third kappa shape index (κ3) is 5.22. The van der Waals surface area contributed by atoms with E-state index in [-0.39, 0.29) is 16.9 Å². The number of rotatable bonds is 7. The van der Waals surface area contributed by atoms with Gasteiger partial charge in [0, 0.05) is 17.0 Å². The number of nitrogens with one attached hydrogen (secondary N) is 1. The zero-order valence-electron chi connectivity index (χ0n) is 16.7. The van der Waals surface area contributed by atoms with Crippen LogP contribution >= 0.6 is 46.6 Å². The van der Waals surface area contributed by atoms with Crippen molar-refractivity contribution in [2.45, 2.75) is 51.2 Å². The number of unbranched alkanes of at least 4 members (excludes halogenated alkanes) is 2. The molecule has 1 atom stereocenters. The second kappa shape index (κ2) is 10.2. The van der Waals surface area contributed by atoms with Gasteiger partial charge in [0.1, 0.15) is 0 Å². The highest BCUT2D eigenvalue weighted by molar-refractivity contribution is 8.05. The van der Waals surface area contributed by atoms with Gasteiger partial charge in [-0.3, -0.25) is 14.9 Å². The summed E-state index contributed by atoms with van der Waals surface area (Å²) < 4.78 is 2.36. The molecule has 160 valence electrons. The fourth-order valence-electron chi connectivity index (χ4n) is 3.32. The lowest BCUT2D eigenvalue weighted by molar-refractivity contribution is -0.120. The van der Waals surface area contributed by atoms with E-state index in [0.29, 0.717) is 38.5 Å². The van der Waals surface area contributed by atoms with E-state index in [9.17, 15) is 9.59 Å². The first-order valence-electron chi connectivity index (χ1n) is 9.73. The number of hydrogen-bond donors (Lipinski definition) is 1. The molecule has 2 heterocycles. The fourth-order valence-corrected chi connectivity index (χ4v) is 5.27. The molecule has 1 aliphatic heterocycles. The Morgan fingerprint density at radius 1 is 1.27 bits per heavy atom. The molecule has 0 aliphatic carbocycles. The number of nitrogens with zero attached hydrogens (tertiary/aromatic N) is 2. The Morgan fingerprint density at radius 3 is 2.67 bits per heavy atom. The van der Waals surface area contributed by atoms with Crippen molar-refractivity contribution in [2.75, 3.05) is 0 Å². The molecule has 2 amide bonds. The van der Waals surface area contributed by atoms with Gasteiger partial charge in [-0.1, -0.05) is 60.6 Å². The van der Waals surface area contributed by atoms with Crippen LogP contribution in [0.2, 0.25) is 10.0 Å². The van der Waals surface area contributed by atoms with E-state index in [2.05, 4.69) is 17.3 Å². The summed E-state index contributed by atoms with van der Waals surface area (Å²) in [6, 6.07) is 5.10. The van der Waals surface area contributed by atoms with Gasteiger partial charge in [-0.05, 0) is 38.0 Å². The summed E-state index contributed by atoms with van der Waals surface area (Å²) in [5.41, 5.74) is 2.32.